The van der Waals surface area contributed by atoms with Crippen LogP contribution in [0.25, 0.3) is 0 Å². The van der Waals surface area contributed by atoms with Crippen LogP contribution in [-0.2, 0) is 33.5 Å². The molecule has 0 heterocycles. The lowest BCUT2D eigenvalue weighted by Crippen LogP contribution is -2.61. The molecule has 3 fully saturated rings. The van der Waals surface area contributed by atoms with E-state index in [0.717, 1.165) is 18.4 Å². The van der Waals surface area contributed by atoms with E-state index in [1.54, 1.807) is 43.3 Å². The first-order chi connectivity index (χ1) is 20.8. The van der Waals surface area contributed by atoms with Gasteiger partial charge in [0.15, 0.2) is 12.4 Å². The van der Waals surface area contributed by atoms with Crippen LogP contribution in [0.3, 0.4) is 0 Å². The maximum Gasteiger partial charge on any atom is 0.312 e. The van der Waals surface area contributed by atoms with Crippen LogP contribution in [0.4, 0.5) is 0 Å². The van der Waals surface area contributed by atoms with E-state index in [4.69, 9.17) is 4.74 Å². The van der Waals surface area contributed by atoms with Crippen LogP contribution in [0.15, 0.2) is 42.0 Å². The Kier molecular flexibility index (Phi) is 8.68. The van der Waals surface area contributed by atoms with Gasteiger partial charge in [-0.15, -0.1) is 0 Å². The highest BCUT2D eigenvalue weighted by molar-refractivity contribution is 5.95. The molecular formula is C34H41NO9. The molecule has 0 bridgehead atoms. The summed E-state index contributed by atoms with van der Waals surface area (Å²) >= 11 is 0. The van der Waals surface area contributed by atoms with Crippen molar-refractivity contribution in [3.63, 3.8) is 0 Å². The summed E-state index contributed by atoms with van der Waals surface area (Å²) in [4.78, 5) is 75.6. The number of carbonyl (C=O) groups excluding carboxylic acids is 5. The number of aliphatic hydroxyl groups is 1. The van der Waals surface area contributed by atoms with Crippen molar-refractivity contribution in [3.8, 4) is 0 Å². The highest BCUT2D eigenvalue weighted by Crippen LogP contribution is 2.66. The molecule has 10 heteroatoms. The zero-order valence-electron chi connectivity index (χ0n) is 25.3. The van der Waals surface area contributed by atoms with E-state index in [1.807, 2.05) is 0 Å². The number of aliphatic carboxylic acids is 1. The molecule has 7 atom stereocenters. The molecule has 1 amide bonds. The Morgan fingerprint density at radius 2 is 1.75 bits per heavy atom. The third-order valence-corrected chi connectivity index (χ3v) is 11.2. The number of ether oxygens (including phenoxy) is 1. The quantitative estimate of drug-likeness (QED) is 0.339. The van der Waals surface area contributed by atoms with Crippen LogP contribution in [0.2, 0.25) is 0 Å². The Morgan fingerprint density at radius 1 is 1.02 bits per heavy atom. The molecule has 0 aromatic heterocycles. The molecule has 5 rings (SSSR count). The summed E-state index contributed by atoms with van der Waals surface area (Å²) in [7, 11) is 0. The van der Waals surface area contributed by atoms with Gasteiger partial charge in [0.1, 0.15) is 11.4 Å². The molecule has 4 aliphatic carbocycles. The molecular weight excluding hydrogens is 566 g/mol. The minimum Gasteiger partial charge on any atom is -0.481 e. The Bertz CT molecular complexity index is 1400. The molecule has 1 aromatic carbocycles. The molecule has 0 saturated heterocycles. The molecule has 236 valence electrons. The number of nitrogens with one attached hydrogen (secondary N) is 1. The number of Topliss-reactive ketones (excluding diaryl/α,β-unsaturated/α-hetero) is 2. The van der Waals surface area contributed by atoms with Crippen LogP contribution >= 0.6 is 0 Å². The second-order valence-electron chi connectivity index (χ2n) is 13.5. The zero-order chi connectivity index (χ0) is 31.9. The second kappa shape index (κ2) is 12.0. The van der Waals surface area contributed by atoms with Crippen molar-refractivity contribution < 1.29 is 43.7 Å². The lowest BCUT2D eigenvalue weighted by molar-refractivity contribution is -0.173. The lowest BCUT2D eigenvalue weighted by atomic mass is 9.46. The lowest BCUT2D eigenvalue weighted by Gasteiger charge is -2.57. The molecule has 3 saturated carbocycles. The first-order valence-corrected chi connectivity index (χ1v) is 15.5. The third-order valence-electron chi connectivity index (χ3n) is 11.2. The van der Waals surface area contributed by atoms with Gasteiger partial charge < -0.3 is 20.3 Å². The summed E-state index contributed by atoms with van der Waals surface area (Å²) in [5, 5.41) is 23.8. The minimum atomic E-state index is -1.82. The molecule has 1 aromatic rings. The summed E-state index contributed by atoms with van der Waals surface area (Å²) in [5.41, 5.74) is -1.60. The number of carboxylic acid groups (broad SMARTS) is 1. The second-order valence-corrected chi connectivity index (χ2v) is 13.5. The number of carbonyl (C=O) groups is 6. The third kappa shape index (κ3) is 5.53. The summed E-state index contributed by atoms with van der Waals surface area (Å²) in [5.74, 6) is -4.17. The number of allylic oxidation sites excluding steroid dienone is 1. The van der Waals surface area contributed by atoms with E-state index >= 15 is 0 Å². The molecule has 0 radical (unpaired) electrons. The predicted octanol–water partition coefficient (Wildman–Crippen LogP) is 3.31. The summed E-state index contributed by atoms with van der Waals surface area (Å²) in [6.07, 6.45) is 4.47. The van der Waals surface area contributed by atoms with Crippen molar-refractivity contribution in [2.75, 3.05) is 13.2 Å². The maximum atomic E-state index is 13.8. The summed E-state index contributed by atoms with van der Waals surface area (Å²) in [6, 6.07) is 8.49. The number of benzene rings is 1. The molecule has 4 aliphatic rings. The van der Waals surface area contributed by atoms with Gasteiger partial charge >= 0.3 is 11.9 Å². The Balaban J connectivity index is 1.15. The number of fused-ring (bicyclic) bond motifs is 5. The highest BCUT2D eigenvalue weighted by Gasteiger charge is 2.68. The van der Waals surface area contributed by atoms with Gasteiger partial charge in [-0.2, -0.15) is 0 Å². The zero-order valence-corrected chi connectivity index (χ0v) is 25.3. The molecule has 0 aliphatic heterocycles. The van der Waals surface area contributed by atoms with Gasteiger partial charge in [0.2, 0.25) is 11.7 Å². The van der Waals surface area contributed by atoms with Crippen molar-refractivity contribution in [2.45, 2.75) is 83.2 Å². The Morgan fingerprint density at radius 3 is 2.45 bits per heavy atom. The minimum absolute atomic E-state index is 0.00195. The monoisotopic (exact) mass is 607 g/mol. The average molecular weight is 608 g/mol. The fourth-order valence-electron chi connectivity index (χ4n) is 8.74. The van der Waals surface area contributed by atoms with E-state index in [1.165, 1.54) is 0 Å². The predicted molar refractivity (Wildman–Crippen MR) is 157 cm³/mol. The fourth-order valence-corrected chi connectivity index (χ4v) is 8.74. The number of rotatable bonds is 10. The number of hydrogen-bond donors (Lipinski definition) is 3. The number of amides is 1. The first kappa shape index (κ1) is 31.8. The van der Waals surface area contributed by atoms with Gasteiger partial charge in [-0.3, -0.25) is 28.8 Å². The van der Waals surface area contributed by atoms with Crippen molar-refractivity contribution >= 4 is 35.2 Å². The van der Waals surface area contributed by atoms with Crippen LogP contribution in [0, 0.1) is 28.6 Å². The fraction of sp³-hybridized carbons (Fsp3) is 0.588. The molecule has 7 unspecified atom stereocenters. The van der Waals surface area contributed by atoms with Gasteiger partial charge in [-0.25, -0.2) is 0 Å². The number of esters is 1. The normalized spacial score (nSPS) is 33.2. The van der Waals surface area contributed by atoms with Gasteiger partial charge in [-0.1, -0.05) is 49.8 Å². The van der Waals surface area contributed by atoms with E-state index < -0.39 is 47.2 Å². The average Bonchev–Trinajstić information content (AvgIpc) is 3.26. The van der Waals surface area contributed by atoms with Crippen LogP contribution in [-0.4, -0.2) is 64.2 Å². The van der Waals surface area contributed by atoms with Crippen LogP contribution in [0.5, 0.6) is 0 Å². The topological polar surface area (TPSA) is 164 Å². The van der Waals surface area contributed by atoms with E-state index in [-0.39, 0.29) is 67.0 Å². The standard InChI is InChI=1S/C34H41NO9/c1-32-14-12-22(36)16-21(32)8-9-23-25-13-15-34(43,33(25,2)17-26(37)30(23)32)27(38)19-44-29(40)11-10-28(39)35-18-24(31(41)42)20-6-4-3-5-7-20/h3-7,16,23-25,30,43H,8-15,17-19H2,1-2H3,(H,35,39)(H,41,42). The number of hydrogen-bond acceptors (Lipinski definition) is 8. The number of carboxylic acids is 1. The van der Waals surface area contributed by atoms with E-state index in [0.29, 0.717) is 24.8 Å². The van der Waals surface area contributed by atoms with Crippen LogP contribution < -0.4 is 5.32 Å². The van der Waals surface area contributed by atoms with E-state index in [2.05, 4.69) is 12.2 Å². The molecule has 10 nitrogen and oxygen atoms in total. The van der Waals surface area contributed by atoms with E-state index in [9.17, 15) is 39.0 Å². The van der Waals surface area contributed by atoms with Gasteiger partial charge in [-0.05, 0) is 61.0 Å². The Hall–Kier alpha value is -3.66. The summed E-state index contributed by atoms with van der Waals surface area (Å²) in [6.45, 7) is 3.08. The number of ketones is 3. The molecule has 0 spiro atoms. The van der Waals surface area contributed by atoms with Crippen molar-refractivity contribution in [2.24, 2.45) is 28.6 Å². The van der Waals surface area contributed by atoms with Gasteiger partial charge in [0, 0.05) is 37.1 Å². The molecule has 44 heavy (non-hydrogen) atoms. The first-order valence-electron chi connectivity index (χ1n) is 15.5. The van der Waals surface area contributed by atoms with Gasteiger partial charge in [0.25, 0.3) is 0 Å². The van der Waals surface area contributed by atoms with Crippen LogP contribution in [0.1, 0.15) is 83.1 Å². The smallest absolute Gasteiger partial charge is 0.312 e. The highest BCUT2D eigenvalue weighted by atomic mass is 16.5. The molecule has 3 N–H and O–H groups in total. The van der Waals surface area contributed by atoms with Gasteiger partial charge in [0.05, 0.1) is 12.3 Å². The van der Waals surface area contributed by atoms with Crippen molar-refractivity contribution in [1.82, 2.24) is 5.32 Å². The maximum absolute atomic E-state index is 13.8. The Labute approximate surface area is 256 Å². The largest absolute Gasteiger partial charge is 0.481 e. The summed E-state index contributed by atoms with van der Waals surface area (Å²) < 4.78 is 5.17. The van der Waals surface area contributed by atoms with Crippen molar-refractivity contribution in [1.29, 1.82) is 0 Å². The van der Waals surface area contributed by atoms with Crippen molar-refractivity contribution in [3.05, 3.63) is 47.5 Å². The SMILES string of the molecule is CC12CCC(=O)C=C1CCC1C2C(=O)CC2(C)C1CCC2(O)C(=O)COC(=O)CCC(=O)NCC(C(=O)O)c1ccccc1.